The molecule has 2 rings (SSSR count). The van der Waals surface area contributed by atoms with Gasteiger partial charge in [-0.25, -0.2) is 0 Å². The van der Waals surface area contributed by atoms with Crippen molar-refractivity contribution in [1.82, 2.24) is 4.90 Å². The van der Waals surface area contributed by atoms with Gasteiger partial charge >= 0.3 is 0 Å². The molecule has 0 radical (unpaired) electrons. The van der Waals surface area contributed by atoms with E-state index in [1.165, 1.54) is 0 Å². The second kappa shape index (κ2) is 5.65. The van der Waals surface area contributed by atoms with E-state index < -0.39 is 11.9 Å². The smallest absolute Gasteiger partial charge is 0.240 e. The minimum Gasteiger partial charge on any atom is -0.368 e. The summed E-state index contributed by atoms with van der Waals surface area (Å²) in [4.78, 5) is 25.5. The third kappa shape index (κ3) is 2.42. The predicted octanol–water partition coefficient (Wildman–Crippen LogP) is 1.83. The van der Waals surface area contributed by atoms with Crippen molar-refractivity contribution in [3.63, 3.8) is 0 Å². The second-order valence-corrected chi connectivity index (χ2v) is 5.52. The third-order valence-corrected chi connectivity index (χ3v) is 4.44. The van der Waals surface area contributed by atoms with Crippen LogP contribution in [0.2, 0.25) is 0 Å². The van der Waals surface area contributed by atoms with Crippen LogP contribution >= 0.6 is 0 Å². The van der Waals surface area contributed by atoms with Crippen molar-refractivity contribution in [2.24, 2.45) is 5.73 Å². The van der Waals surface area contributed by atoms with Gasteiger partial charge < -0.3 is 10.6 Å². The molecule has 4 heteroatoms. The number of hydrogen-bond donors (Lipinski definition) is 1. The Balaban J connectivity index is 2.32. The molecular formula is C16H22N2O2. The number of nitrogens with zero attached hydrogens (tertiary/aromatic N) is 1. The van der Waals surface area contributed by atoms with Crippen LogP contribution in [0.3, 0.4) is 0 Å². The lowest BCUT2D eigenvalue weighted by molar-refractivity contribution is -0.136. The van der Waals surface area contributed by atoms with Crippen LogP contribution < -0.4 is 5.73 Å². The van der Waals surface area contributed by atoms with E-state index in [-0.39, 0.29) is 11.3 Å². The molecule has 1 aromatic rings. The molecule has 20 heavy (non-hydrogen) atoms. The fourth-order valence-corrected chi connectivity index (χ4v) is 3.15. The summed E-state index contributed by atoms with van der Waals surface area (Å²) in [6.45, 7) is 4.56. The van der Waals surface area contributed by atoms with Gasteiger partial charge in [0.15, 0.2) is 0 Å². The summed E-state index contributed by atoms with van der Waals surface area (Å²) >= 11 is 0. The molecule has 2 atom stereocenters. The molecule has 1 fully saturated rings. The lowest BCUT2D eigenvalue weighted by Crippen LogP contribution is -2.46. The highest BCUT2D eigenvalue weighted by atomic mass is 16.2. The van der Waals surface area contributed by atoms with E-state index in [9.17, 15) is 9.59 Å². The van der Waals surface area contributed by atoms with Crippen molar-refractivity contribution in [2.45, 2.75) is 44.6 Å². The van der Waals surface area contributed by atoms with Crippen LogP contribution in [0.15, 0.2) is 30.3 Å². The average Bonchev–Trinajstić information content (AvgIpc) is 2.79. The number of nitrogens with two attached hydrogens (primary N) is 1. The summed E-state index contributed by atoms with van der Waals surface area (Å²) in [6.07, 6.45) is 1.89. The Morgan fingerprint density at radius 2 is 2.00 bits per heavy atom. The quantitative estimate of drug-likeness (QED) is 0.890. The van der Waals surface area contributed by atoms with E-state index in [1.807, 2.05) is 25.1 Å². The minimum atomic E-state index is -0.486. The lowest BCUT2D eigenvalue weighted by atomic mass is 9.77. The standard InChI is InChI=1S/C16H22N2O2/c1-3-13(15(17)20)18-11-16(4-2,10-14(18)19)12-8-6-5-7-9-12/h5-9,13H,3-4,10-11H2,1-2H3,(H2,17,20). The highest BCUT2D eigenvalue weighted by molar-refractivity contribution is 5.88. The first-order valence-electron chi connectivity index (χ1n) is 7.18. The highest BCUT2D eigenvalue weighted by Gasteiger charge is 2.45. The molecule has 0 saturated carbocycles. The first-order valence-corrected chi connectivity index (χ1v) is 7.18. The summed E-state index contributed by atoms with van der Waals surface area (Å²) in [7, 11) is 0. The maximum absolute atomic E-state index is 12.3. The molecule has 2 amide bonds. The van der Waals surface area contributed by atoms with Gasteiger partial charge in [-0.05, 0) is 18.4 Å². The molecule has 0 aliphatic carbocycles. The summed E-state index contributed by atoms with van der Waals surface area (Å²) in [5, 5.41) is 0. The number of rotatable bonds is 5. The molecule has 0 aromatic heterocycles. The van der Waals surface area contributed by atoms with Crippen LogP contribution in [0.4, 0.5) is 0 Å². The monoisotopic (exact) mass is 274 g/mol. The van der Waals surface area contributed by atoms with Crippen LogP contribution in [-0.2, 0) is 15.0 Å². The largest absolute Gasteiger partial charge is 0.368 e. The first-order chi connectivity index (χ1) is 9.54. The number of amides is 2. The summed E-state index contributed by atoms with van der Waals surface area (Å²) in [5.74, 6) is -0.387. The SMILES string of the molecule is CCC(C(N)=O)N1CC(CC)(c2ccccc2)CC1=O. The van der Waals surface area contributed by atoms with Gasteiger partial charge in [0.05, 0.1) is 0 Å². The number of likely N-dealkylation sites (tertiary alicyclic amines) is 1. The molecule has 0 spiro atoms. The Labute approximate surface area is 119 Å². The molecule has 4 nitrogen and oxygen atoms in total. The van der Waals surface area contributed by atoms with Gasteiger partial charge in [0, 0.05) is 18.4 Å². The van der Waals surface area contributed by atoms with E-state index in [1.54, 1.807) is 4.90 Å². The van der Waals surface area contributed by atoms with Gasteiger partial charge in [-0.15, -0.1) is 0 Å². The number of primary amides is 1. The van der Waals surface area contributed by atoms with Crippen molar-refractivity contribution in [3.05, 3.63) is 35.9 Å². The number of carbonyl (C=O) groups excluding carboxylic acids is 2. The molecule has 1 saturated heterocycles. The second-order valence-electron chi connectivity index (χ2n) is 5.52. The van der Waals surface area contributed by atoms with E-state index in [2.05, 4.69) is 19.1 Å². The predicted molar refractivity (Wildman–Crippen MR) is 78.0 cm³/mol. The Hall–Kier alpha value is -1.84. The van der Waals surface area contributed by atoms with E-state index in [0.717, 1.165) is 12.0 Å². The van der Waals surface area contributed by atoms with Gasteiger partial charge in [0.25, 0.3) is 0 Å². The Bertz CT molecular complexity index is 500. The average molecular weight is 274 g/mol. The Kier molecular flexibility index (Phi) is 4.12. The molecule has 1 heterocycles. The summed E-state index contributed by atoms with van der Waals surface area (Å²) in [5.41, 5.74) is 6.40. The van der Waals surface area contributed by atoms with Crippen molar-refractivity contribution >= 4 is 11.8 Å². The van der Waals surface area contributed by atoms with Crippen molar-refractivity contribution in [1.29, 1.82) is 0 Å². The van der Waals surface area contributed by atoms with E-state index in [4.69, 9.17) is 5.73 Å². The zero-order valence-corrected chi connectivity index (χ0v) is 12.1. The summed E-state index contributed by atoms with van der Waals surface area (Å²) in [6, 6.07) is 9.59. The van der Waals surface area contributed by atoms with E-state index >= 15 is 0 Å². The summed E-state index contributed by atoms with van der Waals surface area (Å²) < 4.78 is 0. The maximum Gasteiger partial charge on any atom is 0.240 e. The van der Waals surface area contributed by atoms with Gasteiger partial charge in [-0.2, -0.15) is 0 Å². The Morgan fingerprint density at radius 3 is 2.50 bits per heavy atom. The zero-order chi connectivity index (χ0) is 14.8. The van der Waals surface area contributed by atoms with Crippen LogP contribution in [-0.4, -0.2) is 29.3 Å². The van der Waals surface area contributed by atoms with Crippen molar-refractivity contribution < 1.29 is 9.59 Å². The number of hydrogen-bond acceptors (Lipinski definition) is 2. The van der Waals surface area contributed by atoms with Crippen LogP contribution in [0.5, 0.6) is 0 Å². The zero-order valence-electron chi connectivity index (χ0n) is 12.1. The first kappa shape index (κ1) is 14.6. The Morgan fingerprint density at radius 1 is 1.35 bits per heavy atom. The number of benzene rings is 1. The normalized spacial score (nSPS) is 23.9. The molecule has 108 valence electrons. The molecular weight excluding hydrogens is 252 g/mol. The van der Waals surface area contributed by atoms with Gasteiger partial charge in [0.2, 0.25) is 11.8 Å². The molecule has 1 aliphatic rings. The number of carbonyl (C=O) groups is 2. The maximum atomic E-state index is 12.3. The third-order valence-electron chi connectivity index (χ3n) is 4.44. The topological polar surface area (TPSA) is 63.4 Å². The van der Waals surface area contributed by atoms with Crippen LogP contribution in [0, 0.1) is 0 Å². The fraction of sp³-hybridized carbons (Fsp3) is 0.500. The van der Waals surface area contributed by atoms with E-state index in [0.29, 0.717) is 19.4 Å². The molecule has 2 unspecified atom stereocenters. The highest BCUT2D eigenvalue weighted by Crippen LogP contribution is 2.39. The molecule has 0 bridgehead atoms. The fourth-order valence-electron chi connectivity index (χ4n) is 3.15. The van der Waals surface area contributed by atoms with Gasteiger partial charge in [-0.1, -0.05) is 44.2 Å². The van der Waals surface area contributed by atoms with Crippen LogP contribution in [0.1, 0.15) is 38.7 Å². The molecule has 2 N–H and O–H groups in total. The van der Waals surface area contributed by atoms with Gasteiger partial charge in [-0.3, -0.25) is 9.59 Å². The minimum absolute atomic E-state index is 0.0290. The van der Waals surface area contributed by atoms with Gasteiger partial charge in [0.1, 0.15) is 6.04 Å². The van der Waals surface area contributed by atoms with Crippen molar-refractivity contribution in [2.75, 3.05) is 6.54 Å². The lowest BCUT2D eigenvalue weighted by Gasteiger charge is -2.30. The van der Waals surface area contributed by atoms with Crippen molar-refractivity contribution in [3.8, 4) is 0 Å². The van der Waals surface area contributed by atoms with Crippen LogP contribution in [0.25, 0.3) is 0 Å². The molecule has 1 aliphatic heterocycles. The molecule has 1 aromatic carbocycles.